The lowest BCUT2D eigenvalue weighted by molar-refractivity contribution is -0.137. The monoisotopic (exact) mass is 394 g/mol. The van der Waals surface area contributed by atoms with Crippen LogP contribution >= 0.6 is 0 Å². The summed E-state index contributed by atoms with van der Waals surface area (Å²) in [6, 6.07) is 22.0. The van der Waals surface area contributed by atoms with Gasteiger partial charge in [0.2, 0.25) is 0 Å². The highest BCUT2D eigenvalue weighted by atomic mass is 19.4. The Morgan fingerprint density at radius 2 is 1.38 bits per heavy atom. The second-order valence-electron chi connectivity index (χ2n) is 6.48. The van der Waals surface area contributed by atoms with E-state index in [-0.39, 0.29) is 0 Å². The van der Waals surface area contributed by atoms with E-state index < -0.39 is 11.7 Å². The van der Waals surface area contributed by atoms with Crippen LogP contribution in [-0.4, -0.2) is 17.1 Å². The predicted molar refractivity (Wildman–Crippen MR) is 106 cm³/mol. The van der Waals surface area contributed by atoms with Gasteiger partial charge in [0.25, 0.3) is 0 Å². The van der Waals surface area contributed by atoms with Crippen LogP contribution in [-0.2, 0) is 6.18 Å². The van der Waals surface area contributed by atoms with Crippen LogP contribution in [0.2, 0.25) is 0 Å². The molecule has 0 fully saturated rings. The quantitative estimate of drug-likeness (QED) is 0.433. The van der Waals surface area contributed by atoms with Crippen LogP contribution in [0.5, 0.6) is 5.75 Å². The molecule has 0 aliphatic carbocycles. The standard InChI is InChI=1S/C23H17F3N2O/c1-29-19-13-9-17(10-14-19)22-27-20(15-5-3-2-4-6-15)21(28-22)16-7-11-18(12-8-16)23(24,25)26/h2-14H,1H3,(H,27,28). The highest BCUT2D eigenvalue weighted by molar-refractivity contribution is 5.81. The molecule has 1 heterocycles. The van der Waals surface area contributed by atoms with Gasteiger partial charge in [-0.15, -0.1) is 0 Å². The summed E-state index contributed by atoms with van der Waals surface area (Å²) in [5.41, 5.74) is 3.01. The van der Waals surface area contributed by atoms with E-state index in [2.05, 4.69) is 4.98 Å². The summed E-state index contributed by atoms with van der Waals surface area (Å²) in [6.45, 7) is 0. The molecule has 4 rings (SSSR count). The molecule has 0 saturated heterocycles. The highest BCUT2D eigenvalue weighted by Crippen LogP contribution is 2.35. The van der Waals surface area contributed by atoms with Gasteiger partial charge in [-0.25, -0.2) is 4.98 Å². The van der Waals surface area contributed by atoms with Gasteiger partial charge in [-0.2, -0.15) is 13.2 Å². The van der Waals surface area contributed by atoms with Crippen molar-refractivity contribution in [2.24, 2.45) is 0 Å². The summed E-state index contributed by atoms with van der Waals surface area (Å²) in [5.74, 6) is 1.35. The number of aromatic amines is 1. The Balaban J connectivity index is 1.82. The molecule has 0 spiro atoms. The Labute approximate surface area is 165 Å². The molecule has 29 heavy (non-hydrogen) atoms. The molecule has 0 unspecified atom stereocenters. The van der Waals surface area contributed by atoms with Crippen LogP contribution in [0.4, 0.5) is 13.2 Å². The summed E-state index contributed by atoms with van der Waals surface area (Å²) in [7, 11) is 1.60. The Morgan fingerprint density at radius 3 is 1.97 bits per heavy atom. The van der Waals surface area contributed by atoms with Crippen LogP contribution in [0.1, 0.15) is 5.56 Å². The second-order valence-corrected chi connectivity index (χ2v) is 6.48. The van der Waals surface area contributed by atoms with Crippen molar-refractivity contribution in [2.45, 2.75) is 6.18 Å². The minimum Gasteiger partial charge on any atom is -0.497 e. The van der Waals surface area contributed by atoms with E-state index in [0.29, 0.717) is 22.8 Å². The zero-order valence-electron chi connectivity index (χ0n) is 15.5. The van der Waals surface area contributed by atoms with Crippen molar-refractivity contribution >= 4 is 0 Å². The molecule has 0 saturated carbocycles. The number of nitrogens with zero attached hydrogens (tertiary/aromatic N) is 1. The fourth-order valence-corrected chi connectivity index (χ4v) is 3.10. The molecule has 0 aliphatic heterocycles. The van der Waals surface area contributed by atoms with Gasteiger partial charge in [-0.1, -0.05) is 42.5 Å². The lowest BCUT2D eigenvalue weighted by Crippen LogP contribution is -2.04. The van der Waals surface area contributed by atoms with Crippen LogP contribution < -0.4 is 4.74 Å². The molecule has 0 amide bonds. The highest BCUT2D eigenvalue weighted by Gasteiger charge is 2.30. The Bertz CT molecular complexity index is 1100. The van der Waals surface area contributed by atoms with Crippen molar-refractivity contribution in [3.05, 3.63) is 84.4 Å². The molecular formula is C23H17F3N2O. The van der Waals surface area contributed by atoms with E-state index in [1.54, 1.807) is 7.11 Å². The number of hydrogen-bond donors (Lipinski definition) is 1. The maximum absolute atomic E-state index is 12.9. The third-order valence-corrected chi connectivity index (χ3v) is 4.62. The molecule has 0 radical (unpaired) electrons. The Hall–Kier alpha value is -3.54. The normalized spacial score (nSPS) is 11.4. The number of benzene rings is 3. The molecule has 4 aromatic rings. The van der Waals surface area contributed by atoms with Crippen molar-refractivity contribution in [1.29, 1.82) is 0 Å². The summed E-state index contributed by atoms with van der Waals surface area (Å²) < 4.78 is 44.0. The molecule has 146 valence electrons. The lowest BCUT2D eigenvalue weighted by Gasteiger charge is -2.08. The average Bonchev–Trinajstić information content (AvgIpc) is 3.19. The van der Waals surface area contributed by atoms with E-state index in [9.17, 15) is 13.2 Å². The van der Waals surface area contributed by atoms with Gasteiger partial charge in [0.15, 0.2) is 0 Å². The first kappa shape index (κ1) is 18.8. The molecule has 0 aliphatic rings. The van der Waals surface area contributed by atoms with Crippen molar-refractivity contribution in [2.75, 3.05) is 7.11 Å². The first-order valence-electron chi connectivity index (χ1n) is 8.93. The largest absolute Gasteiger partial charge is 0.497 e. The average molecular weight is 394 g/mol. The fourth-order valence-electron chi connectivity index (χ4n) is 3.10. The molecule has 1 aromatic heterocycles. The molecule has 0 atom stereocenters. The smallest absolute Gasteiger partial charge is 0.416 e. The van der Waals surface area contributed by atoms with E-state index in [4.69, 9.17) is 9.72 Å². The van der Waals surface area contributed by atoms with Gasteiger partial charge in [0, 0.05) is 16.7 Å². The van der Waals surface area contributed by atoms with Crippen LogP contribution in [0.3, 0.4) is 0 Å². The number of aromatic nitrogens is 2. The number of alkyl halides is 3. The molecule has 0 bridgehead atoms. The number of imidazole rings is 1. The summed E-state index contributed by atoms with van der Waals surface area (Å²) in [6.07, 6.45) is -4.37. The van der Waals surface area contributed by atoms with Crippen LogP contribution in [0.15, 0.2) is 78.9 Å². The van der Waals surface area contributed by atoms with Gasteiger partial charge < -0.3 is 9.72 Å². The number of rotatable bonds is 4. The fraction of sp³-hybridized carbons (Fsp3) is 0.0870. The topological polar surface area (TPSA) is 37.9 Å². The maximum atomic E-state index is 12.9. The van der Waals surface area contributed by atoms with E-state index in [0.717, 1.165) is 29.0 Å². The molecule has 1 N–H and O–H groups in total. The van der Waals surface area contributed by atoms with Crippen LogP contribution in [0.25, 0.3) is 33.9 Å². The third-order valence-electron chi connectivity index (χ3n) is 4.62. The zero-order valence-corrected chi connectivity index (χ0v) is 15.5. The minimum atomic E-state index is -4.37. The summed E-state index contributed by atoms with van der Waals surface area (Å²) in [4.78, 5) is 8.01. The molecular weight excluding hydrogens is 377 g/mol. The SMILES string of the molecule is COc1ccc(-c2nc(-c3ccccc3)c(-c3ccc(C(F)(F)F)cc3)[nH]2)cc1. The van der Waals surface area contributed by atoms with Crippen molar-refractivity contribution < 1.29 is 17.9 Å². The Kier molecular flexibility index (Phi) is 4.84. The summed E-state index contributed by atoms with van der Waals surface area (Å²) >= 11 is 0. The second kappa shape index (κ2) is 7.47. The minimum absolute atomic E-state index is 0.626. The Morgan fingerprint density at radius 1 is 0.759 bits per heavy atom. The molecule has 3 aromatic carbocycles. The van der Waals surface area contributed by atoms with Gasteiger partial charge in [0.05, 0.1) is 24.1 Å². The van der Waals surface area contributed by atoms with E-state index >= 15 is 0 Å². The number of ether oxygens (including phenoxy) is 1. The maximum Gasteiger partial charge on any atom is 0.416 e. The van der Waals surface area contributed by atoms with Gasteiger partial charge >= 0.3 is 6.18 Å². The van der Waals surface area contributed by atoms with Crippen LogP contribution in [0, 0.1) is 0 Å². The number of methoxy groups -OCH3 is 1. The third kappa shape index (κ3) is 3.87. The van der Waals surface area contributed by atoms with Crippen molar-refractivity contribution in [3.8, 4) is 39.7 Å². The zero-order chi connectivity index (χ0) is 20.4. The van der Waals surface area contributed by atoms with Gasteiger partial charge in [-0.05, 0) is 36.4 Å². The predicted octanol–water partition coefficient (Wildman–Crippen LogP) is 6.44. The van der Waals surface area contributed by atoms with Crippen molar-refractivity contribution in [3.63, 3.8) is 0 Å². The first-order chi connectivity index (χ1) is 14.0. The molecule has 6 heteroatoms. The summed E-state index contributed by atoms with van der Waals surface area (Å²) in [5, 5.41) is 0. The number of H-pyrrole nitrogens is 1. The van der Waals surface area contributed by atoms with E-state index in [1.807, 2.05) is 54.6 Å². The van der Waals surface area contributed by atoms with Crippen molar-refractivity contribution in [1.82, 2.24) is 9.97 Å². The number of halogens is 3. The number of nitrogens with one attached hydrogen (secondary N) is 1. The lowest BCUT2D eigenvalue weighted by atomic mass is 10.0. The van der Waals surface area contributed by atoms with Gasteiger partial charge in [-0.3, -0.25) is 0 Å². The number of hydrogen-bond acceptors (Lipinski definition) is 2. The first-order valence-corrected chi connectivity index (χ1v) is 8.93. The molecule has 3 nitrogen and oxygen atoms in total. The van der Waals surface area contributed by atoms with Gasteiger partial charge in [0.1, 0.15) is 11.6 Å². The van der Waals surface area contributed by atoms with E-state index in [1.165, 1.54) is 12.1 Å².